The number of carbonyl (C=O) groups excluding carboxylic acids is 1. The number of likely N-dealkylation sites (tertiary alicyclic amines) is 1. The maximum Gasteiger partial charge on any atom is 0.160 e. The number of nitrogens with zero attached hydrogens (tertiary/aromatic N) is 1. The summed E-state index contributed by atoms with van der Waals surface area (Å²) in [4.78, 5) is 13.3. The first-order chi connectivity index (χ1) is 8.19. The number of methoxy groups -OCH3 is 1. The van der Waals surface area contributed by atoms with Crippen LogP contribution in [0.3, 0.4) is 0 Å². The fourth-order valence-electron chi connectivity index (χ4n) is 2.05. The van der Waals surface area contributed by atoms with Gasteiger partial charge in [-0.05, 0) is 17.7 Å². The second kappa shape index (κ2) is 5.19. The second-order valence-corrected chi connectivity index (χ2v) is 4.32. The van der Waals surface area contributed by atoms with Gasteiger partial charge in [-0.3, -0.25) is 9.69 Å². The predicted molar refractivity (Wildman–Crippen MR) is 64.2 cm³/mol. The van der Waals surface area contributed by atoms with E-state index in [9.17, 15) is 9.90 Å². The lowest BCUT2D eigenvalue weighted by atomic mass is 10.1. The smallest absolute Gasteiger partial charge is 0.160 e. The molecule has 1 N–H and O–H groups in total. The number of Topliss-reactive ketones (excluding diaryl/α,β-unsaturated/α-hetero) is 1. The molecule has 0 unspecified atom stereocenters. The number of rotatable bonds is 3. The molecule has 0 aromatic heterocycles. The normalized spacial score (nSPS) is 17.1. The van der Waals surface area contributed by atoms with E-state index in [0.29, 0.717) is 24.4 Å². The summed E-state index contributed by atoms with van der Waals surface area (Å²) in [7, 11) is 1.53. The van der Waals surface area contributed by atoms with Crippen LogP contribution in [0.1, 0.15) is 18.4 Å². The standard InChI is InChI=1S/C13H17NO3/c1-17-13-3-2-10(8-12(13)16)9-14-6-4-11(15)5-7-14/h2-3,8,16H,4-7,9H2,1H3. The van der Waals surface area contributed by atoms with Crippen molar-refractivity contribution in [1.82, 2.24) is 4.90 Å². The largest absolute Gasteiger partial charge is 0.504 e. The number of phenols is 1. The van der Waals surface area contributed by atoms with E-state index in [1.807, 2.05) is 6.07 Å². The van der Waals surface area contributed by atoms with Crippen LogP contribution >= 0.6 is 0 Å². The van der Waals surface area contributed by atoms with Crippen LogP contribution in [0.15, 0.2) is 18.2 Å². The summed E-state index contributed by atoms with van der Waals surface area (Å²) in [6, 6.07) is 5.42. The summed E-state index contributed by atoms with van der Waals surface area (Å²) in [6.45, 7) is 2.39. The number of hydrogen-bond donors (Lipinski definition) is 1. The topological polar surface area (TPSA) is 49.8 Å². The van der Waals surface area contributed by atoms with Crippen molar-refractivity contribution in [2.75, 3.05) is 20.2 Å². The monoisotopic (exact) mass is 235 g/mol. The van der Waals surface area contributed by atoms with Crippen LogP contribution in [-0.4, -0.2) is 36.0 Å². The zero-order valence-electron chi connectivity index (χ0n) is 9.98. The first-order valence-electron chi connectivity index (χ1n) is 5.79. The van der Waals surface area contributed by atoms with Crippen molar-refractivity contribution in [3.8, 4) is 11.5 Å². The molecule has 0 atom stereocenters. The van der Waals surface area contributed by atoms with Gasteiger partial charge in [0.05, 0.1) is 7.11 Å². The van der Waals surface area contributed by atoms with E-state index in [2.05, 4.69) is 4.90 Å². The quantitative estimate of drug-likeness (QED) is 0.864. The molecule has 0 radical (unpaired) electrons. The molecule has 0 bridgehead atoms. The summed E-state index contributed by atoms with van der Waals surface area (Å²) in [5.74, 6) is 1.000. The van der Waals surface area contributed by atoms with Gasteiger partial charge in [0.1, 0.15) is 5.78 Å². The van der Waals surface area contributed by atoms with E-state index >= 15 is 0 Å². The third-order valence-corrected chi connectivity index (χ3v) is 3.06. The molecule has 1 aliphatic rings. The minimum atomic E-state index is 0.165. The number of phenolic OH excluding ortho intramolecular Hbond substituents is 1. The third-order valence-electron chi connectivity index (χ3n) is 3.06. The molecule has 1 aromatic carbocycles. The highest BCUT2D eigenvalue weighted by Gasteiger charge is 2.16. The Hall–Kier alpha value is -1.55. The molecule has 1 saturated heterocycles. The van der Waals surface area contributed by atoms with Gasteiger partial charge in [0.25, 0.3) is 0 Å². The van der Waals surface area contributed by atoms with Gasteiger partial charge in [-0.25, -0.2) is 0 Å². The maximum absolute atomic E-state index is 11.1. The van der Waals surface area contributed by atoms with Crippen molar-refractivity contribution < 1.29 is 14.6 Å². The van der Waals surface area contributed by atoms with Gasteiger partial charge >= 0.3 is 0 Å². The lowest BCUT2D eigenvalue weighted by molar-refractivity contribution is -0.121. The first kappa shape index (κ1) is 11.9. The fourth-order valence-corrected chi connectivity index (χ4v) is 2.05. The second-order valence-electron chi connectivity index (χ2n) is 4.32. The molecule has 1 aliphatic heterocycles. The average Bonchev–Trinajstić information content (AvgIpc) is 2.32. The molecule has 2 rings (SSSR count). The number of piperidine rings is 1. The van der Waals surface area contributed by atoms with Crippen molar-refractivity contribution in [2.24, 2.45) is 0 Å². The van der Waals surface area contributed by atoms with E-state index in [1.54, 1.807) is 12.1 Å². The van der Waals surface area contributed by atoms with Crippen molar-refractivity contribution in [3.63, 3.8) is 0 Å². The van der Waals surface area contributed by atoms with Crippen LogP contribution in [0, 0.1) is 0 Å². The molecule has 17 heavy (non-hydrogen) atoms. The van der Waals surface area contributed by atoms with E-state index in [4.69, 9.17) is 4.74 Å². The fraction of sp³-hybridized carbons (Fsp3) is 0.462. The zero-order valence-corrected chi connectivity index (χ0v) is 9.98. The Labute approximate surface area is 101 Å². The zero-order chi connectivity index (χ0) is 12.3. The van der Waals surface area contributed by atoms with E-state index < -0.39 is 0 Å². The van der Waals surface area contributed by atoms with Crippen molar-refractivity contribution in [1.29, 1.82) is 0 Å². The molecule has 0 aliphatic carbocycles. The predicted octanol–water partition coefficient (Wildman–Crippen LogP) is 1.57. The van der Waals surface area contributed by atoms with Gasteiger partial charge in [0.2, 0.25) is 0 Å². The lowest BCUT2D eigenvalue weighted by Gasteiger charge is -2.25. The number of benzene rings is 1. The molecular formula is C13H17NO3. The van der Waals surface area contributed by atoms with Gasteiger partial charge in [-0.2, -0.15) is 0 Å². The molecule has 1 heterocycles. The molecule has 4 heteroatoms. The van der Waals surface area contributed by atoms with Gasteiger partial charge < -0.3 is 9.84 Å². The number of hydrogen-bond acceptors (Lipinski definition) is 4. The summed E-state index contributed by atoms with van der Waals surface area (Å²) >= 11 is 0. The molecule has 0 saturated carbocycles. The minimum absolute atomic E-state index is 0.165. The first-order valence-corrected chi connectivity index (χ1v) is 5.79. The highest BCUT2D eigenvalue weighted by atomic mass is 16.5. The maximum atomic E-state index is 11.1. The van der Waals surface area contributed by atoms with Gasteiger partial charge in [-0.15, -0.1) is 0 Å². The number of aromatic hydroxyl groups is 1. The Morgan fingerprint density at radius 1 is 1.35 bits per heavy atom. The Kier molecular flexibility index (Phi) is 3.64. The molecule has 92 valence electrons. The molecule has 1 aromatic rings. The summed E-state index contributed by atoms with van der Waals surface area (Å²) in [5, 5.41) is 9.67. The highest BCUT2D eigenvalue weighted by molar-refractivity contribution is 5.79. The van der Waals surface area contributed by atoms with Crippen LogP contribution in [0.25, 0.3) is 0 Å². The third kappa shape index (κ3) is 2.97. The Morgan fingerprint density at radius 3 is 2.65 bits per heavy atom. The van der Waals surface area contributed by atoms with Crippen LogP contribution < -0.4 is 4.74 Å². The number of ether oxygens (including phenoxy) is 1. The summed E-state index contributed by atoms with van der Waals surface area (Å²) < 4.78 is 5.00. The van der Waals surface area contributed by atoms with Crippen LogP contribution in [0.4, 0.5) is 0 Å². The van der Waals surface area contributed by atoms with Crippen molar-refractivity contribution in [2.45, 2.75) is 19.4 Å². The molecular weight excluding hydrogens is 218 g/mol. The van der Waals surface area contributed by atoms with Crippen molar-refractivity contribution in [3.05, 3.63) is 23.8 Å². The van der Waals surface area contributed by atoms with Gasteiger partial charge in [-0.1, -0.05) is 6.07 Å². The van der Waals surface area contributed by atoms with Crippen LogP contribution in [0.2, 0.25) is 0 Å². The van der Waals surface area contributed by atoms with Crippen LogP contribution in [0.5, 0.6) is 11.5 Å². The van der Waals surface area contributed by atoms with E-state index in [-0.39, 0.29) is 5.75 Å². The molecule has 0 amide bonds. The highest BCUT2D eigenvalue weighted by Crippen LogP contribution is 2.27. The Bertz CT molecular complexity index is 407. The SMILES string of the molecule is COc1ccc(CN2CCC(=O)CC2)cc1O. The van der Waals surface area contributed by atoms with Gasteiger partial charge in [0, 0.05) is 32.5 Å². The lowest BCUT2D eigenvalue weighted by Crippen LogP contribution is -2.33. The molecule has 1 fully saturated rings. The molecule has 0 spiro atoms. The minimum Gasteiger partial charge on any atom is -0.504 e. The number of carbonyl (C=O) groups is 1. The Morgan fingerprint density at radius 2 is 2.06 bits per heavy atom. The van der Waals surface area contributed by atoms with E-state index in [0.717, 1.165) is 25.2 Å². The Balaban J connectivity index is 1.99. The van der Waals surface area contributed by atoms with Gasteiger partial charge in [0.15, 0.2) is 11.5 Å². The van der Waals surface area contributed by atoms with E-state index in [1.165, 1.54) is 7.11 Å². The van der Waals surface area contributed by atoms with Crippen molar-refractivity contribution >= 4 is 5.78 Å². The summed E-state index contributed by atoms with van der Waals surface area (Å²) in [5.41, 5.74) is 1.04. The number of ketones is 1. The molecule has 4 nitrogen and oxygen atoms in total. The summed E-state index contributed by atoms with van der Waals surface area (Å²) in [6.07, 6.45) is 1.28. The average molecular weight is 235 g/mol. The van der Waals surface area contributed by atoms with Crippen LogP contribution in [-0.2, 0) is 11.3 Å².